The Bertz CT molecular complexity index is 1480. The van der Waals surface area contributed by atoms with Gasteiger partial charge < -0.3 is 24.9 Å². The summed E-state index contributed by atoms with van der Waals surface area (Å²) in [5, 5.41) is 12.9. The number of aromatic nitrogens is 1. The molecule has 0 fully saturated rings. The number of aliphatic carboxylic acids is 1. The first-order valence-corrected chi connectivity index (χ1v) is 19.1. The van der Waals surface area contributed by atoms with Crippen LogP contribution in [0, 0.1) is 17.7 Å². The van der Waals surface area contributed by atoms with Crippen LogP contribution in [0.15, 0.2) is 66.9 Å². The minimum atomic E-state index is -2.74. The van der Waals surface area contributed by atoms with Gasteiger partial charge in [-0.1, -0.05) is 56.3 Å². The highest BCUT2D eigenvalue weighted by molar-refractivity contribution is 6.72. The second-order valence-corrected chi connectivity index (χ2v) is 19.4. The van der Waals surface area contributed by atoms with Crippen molar-refractivity contribution in [2.45, 2.75) is 90.1 Å². The van der Waals surface area contributed by atoms with Gasteiger partial charge in [0.25, 0.3) is 0 Å². The zero-order valence-corrected chi connectivity index (χ0v) is 30.3. The average Bonchev–Trinajstić information content (AvgIpc) is 2.95. The highest BCUT2D eigenvalue weighted by Crippen LogP contribution is 2.44. The van der Waals surface area contributed by atoms with Gasteiger partial charge >= 0.3 is 12.1 Å². The molecule has 0 aliphatic rings. The molecule has 0 bridgehead atoms. The van der Waals surface area contributed by atoms with Crippen LogP contribution in [0.2, 0.25) is 18.1 Å². The number of hydrogen-bond donors (Lipinski definition) is 3. The number of pyridine rings is 1. The number of benzene rings is 2. The molecule has 1 heterocycles. The maximum absolute atomic E-state index is 14.7. The lowest BCUT2D eigenvalue weighted by molar-refractivity contribution is -0.142. The SMILES string of the molecule is CN(C)c1ccc(-c2ccc(C[C@H](NC(=O)OC(C)(C)C)[C@H](C[C@@H](Cc3ccccc3F)C(=O)O)CC(C)(C)[Si](C)(C)O)cc2)cn1. The number of ether oxygens (including phenoxy) is 1. The van der Waals surface area contributed by atoms with Gasteiger partial charge in [-0.2, -0.15) is 0 Å². The number of nitrogens with zero attached hydrogens (tertiary/aromatic N) is 2. The summed E-state index contributed by atoms with van der Waals surface area (Å²) < 4.78 is 20.3. The summed E-state index contributed by atoms with van der Waals surface area (Å²) in [7, 11) is 1.14. The minimum absolute atomic E-state index is 0.00733. The highest BCUT2D eigenvalue weighted by atomic mass is 28.4. The molecule has 0 saturated carbocycles. The van der Waals surface area contributed by atoms with E-state index >= 15 is 0 Å². The Hall–Kier alpha value is -3.76. The van der Waals surface area contributed by atoms with E-state index in [0.29, 0.717) is 18.4 Å². The van der Waals surface area contributed by atoms with Gasteiger partial charge in [-0.05, 0) is 105 Å². The molecular weight excluding hydrogens is 614 g/mol. The largest absolute Gasteiger partial charge is 0.481 e. The van der Waals surface area contributed by atoms with Crippen molar-refractivity contribution in [2.24, 2.45) is 11.8 Å². The van der Waals surface area contributed by atoms with Gasteiger partial charge in [-0.25, -0.2) is 14.2 Å². The Balaban J connectivity index is 2.01. The second kappa shape index (κ2) is 15.4. The zero-order valence-electron chi connectivity index (χ0n) is 29.3. The van der Waals surface area contributed by atoms with Crippen molar-refractivity contribution in [2.75, 3.05) is 19.0 Å². The van der Waals surface area contributed by atoms with Gasteiger partial charge in [0.2, 0.25) is 0 Å². The van der Waals surface area contributed by atoms with Crippen molar-refractivity contribution in [1.29, 1.82) is 0 Å². The van der Waals surface area contributed by atoms with E-state index in [-0.39, 0.29) is 18.8 Å². The van der Waals surface area contributed by atoms with Crippen LogP contribution in [-0.4, -0.2) is 61.0 Å². The molecule has 0 saturated heterocycles. The standard InChI is InChI=1S/C37H52FN3O5Si/c1-36(2,3)46-35(44)40-32(20-25-14-16-26(17-15-25)28-18-19-33(39-24-28)41(6)7)30(23-37(4,5)47(8,9)45)22-29(34(42)43)21-27-12-10-11-13-31(27)38/h10-19,24,29-30,32,45H,20-23H2,1-9H3,(H,40,44)(H,42,43)/t29-,30-,32+/m1/s1. The lowest BCUT2D eigenvalue weighted by Crippen LogP contribution is -2.48. The minimum Gasteiger partial charge on any atom is -0.481 e. The summed E-state index contributed by atoms with van der Waals surface area (Å²) >= 11 is 0. The van der Waals surface area contributed by atoms with Gasteiger partial charge in [0, 0.05) is 31.9 Å². The van der Waals surface area contributed by atoms with E-state index in [4.69, 9.17) is 4.74 Å². The molecule has 0 spiro atoms. The predicted octanol–water partition coefficient (Wildman–Crippen LogP) is 7.71. The monoisotopic (exact) mass is 665 g/mol. The normalized spacial score (nSPS) is 14.2. The Morgan fingerprint density at radius 3 is 2.09 bits per heavy atom. The quantitative estimate of drug-likeness (QED) is 0.151. The molecule has 10 heteroatoms. The van der Waals surface area contributed by atoms with E-state index in [1.807, 2.05) is 88.5 Å². The summed E-state index contributed by atoms with van der Waals surface area (Å²) in [5.41, 5.74) is 2.49. The lowest BCUT2D eigenvalue weighted by atomic mass is 9.79. The number of carbonyl (C=O) groups excluding carboxylic acids is 1. The summed E-state index contributed by atoms with van der Waals surface area (Å²) in [6.45, 7) is 13.1. The van der Waals surface area contributed by atoms with Crippen LogP contribution >= 0.6 is 0 Å². The van der Waals surface area contributed by atoms with E-state index in [0.717, 1.165) is 22.5 Å². The van der Waals surface area contributed by atoms with E-state index in [2.05, 4.69) is 10.3 Å². The molecule has 0 radical (unpaired) electrons. The number of carbonyl (C=O) groups is 2. The third kappa shape index (κ3) is 11.2. The summed E-state index contributed by atoms with van der Waals surface area (Å²) in [4.78, 5) is 43.6. The number of carboxylic acid groups (broad SMARTS) is 1. The molecule has 3 atom stereocenters. The Morgan fingerprint density at radius 2 is 1.57 bits per heavy atom. The summed E-state index contributed by atoms with van der Waals surface area (Å²) in [5.74, 6) is -1.93. The van der Waals surface area contributed by atoms with Crippen LogP contribution in [0.4, 0.5) is 15.0 Å². The average molecular weight is 666 g/mol. The fraction of sp³-hybridized carbons (Fsp3) is 0.486. The van der Waals surface area contributed by atoms with Gasteiger partial charge in [0.05, 0.1) is 5.92 Å². The van der Waals surface area contributed by atoms with Crippen LogP contribution in [0.25, 0.3) is 11.1 Å². The zero-order chi connectivity index (χ0) is 35.2. The van der Waals surface area contributed by atoms with Crippen molar-refractivity contribution in [3.05, 3.63) is 83.8 Å². The maximum atomic E-state index is 14.7. The predicted molar refractivity (Wildman–Crippen MR) is 189 cm³/mol. The maximum Gasteiger partial charge on any atom is 0.407 e. The number of hydrogen-bond acceptors (Lipinski definition) is 6. The van der Waals surface area contributed by atoms with Crippen LogP contribution in [-0.2, 0) is 22.4 Å². The number of alkyl carbamates (subject to hydrolysis) is 1. The fourth-order valence-electron chi connectivity index (χ4n) is 5.56. The van der Waals surface area contributed by atoms with Gasteiger partial charge in [-0.3, -0.25) is 4.79 Å². The first-order valence-electron chi connectivity index (χ1n) is 16.2. The molecule has 3 aromatic rings. The van der Waals surface area contributed by atoms with Crippen molar-refractivity contribution < 1.29 is 28.6 Å². The number of amides is 1. The van der Waals surface area contributed by atoms with E-state index in [1.54, 1.807) is 39.0 Å². The van der Waals surface area contributed by atoms with Crippen molar-refractivity contribution in [1.82, 2.24) is 10.3 Å². The Morgan fingerprint density at radius 1 is 0.957 bits per heavy atom. The molecule has 3 rings (SSSR count). The molecule has 0 aliphatic carbocycles. The molecule has 0 aliphatic heterocycles. The van der Waals surface area contributed by atoms with E-state index in [1.165, 1.54) is 6.07 Å². The molecule has 2 aromatic carbocycles. The third-order valence-electron chi connectivity index (χ3n) is 9.01. The topological polar surface area (TPSA) is 112 Å². The number of carboxylic acids is 1. The van der Waals surface area contributed by atoms with Crippen LogP contribution in [0.5, 0.6) is 0 Å². The Labute approximate surface area is 280 Å². The number of nitrogens with one attached hydrogen (secondary N) is 1. The molecular formula is C37H52FN3O5Si. The number of rotatable bonds is 14. The number of anilines is 1. The molecule has 47 heavy (non-hydrogen) atoms. The lowest BCUT2D eigenvalue weighted by Gasteiger charge is -2.41. The van der Waals surface area contributed by atoms with Crippen LogP contribution < -0.4 is 10.2 Å². The summed E-state index contributed by atoms with van der Waals surface area (Å²) in [6, 6.07) is 17.7. The van der Waals surface area contributed by atoms with Crippen molar-refractivity contribution in [3.63, 3.8) is 0 Å². The fourth-order valence-corrected chi connectivity index (χ4v) is 6.33. The molecule has 3 N–H and O–H groups in total. The van der Waals surface area contributed by atoms with E-state index in [9.17, 15) is 23.9 Å². The van der Waals surface area contributed by atoms with Crippen molar-refractivity contribution >= 4 is 26.2 Å². The smallest absolute Gasteiger partial charge is 0.407 e. The molecule has 256 valence electrons. The first-order chi connectivity index (χ1) is 21.8. The first kappa shape index (κ1) is 37.7. The molecule has 1 aromatic heterocycles. The van der Waals surface area contributed by atoms with Crippen LogP contribution in [0.1, 0.15) is 58.6 Å². The molecule has 1 amide bonds. The van der Waals surface area contributed by atoms with Gasteiger partial charge in [0.1, 0.15) is 17.2 Å². The highest BCUT2D eigenvalue weighted by Gasteiger charge is 2.43. The third-order valence-corrected chi connectivity index (χ3v) is 12.5. The van der Waals surface area contributed by atoms with Crippen LogP contribution in [0.3, 0.4) is 0 Å². The van der Waals surface area contributed by atoms with Crippen molar-refractivity contribution in [3.8, 4) is 11.1 Å². The second-order valence-electron chi connectivity index (χ2n) is 14.9. The summed E-state index contributed by atoms with van der Waals surface area (Å²) in [6.07, 6.45) is 2.25. The number of halogens is 1. The molecule has 8 nitrogen and oxygen atoms in total. The Kier molecular flexibility index (Phi) is 12.4. The van der Waals surface area contributed by atoms with Gasteiger partial charge in [0.15, 0.2) is 8.32 Å². The van der Waals surface area contributed by atoms with E-state index < -0.39 is 48.8 Å². The van der Waals surface area contributed by atoms with Gasteiger partial charge in [-0.15, -0.1) is 0 Å². The molecule has 0 unspecified atom stereocenters.